The van der Waals surface area contributed by atoms with Gasteiger partial charge in [-0.05, 0) is 31.9 Å². The summed E-state index contributed by atoms with van der Waals surface area (Å²) in [5.41, 5.74) is -0.174. The van der Waals surface area contributed by atoms with Gasteiger partial charge < -0.3 is 14.7 Å². The Kier molecular flexibility index (Phi) is 5.15. The van der Waals surface area contributed by atoms with Crippen LogP contribution in [0.1, 0.15) is 29.9 Å². The molecule has 1 atom stereocenters. The van der Waals surface area contributed by atoms with Gasteiger partial charge >= 0.3 is 6.18 Å². The minimum absolute atomic E-state index is 0.121. The van der Waals surface area contributed by atoms with E-state index in [1.54, 1.807) is 13.0 Å². The molecule has 6 nitrogen and oxygen atoms in total. The van der Waals surface area contributed by atoms with Crippen molar-refractivity contribution in [2.75, 3.05) is 18.0 Å². The molecule has 0 radical (unpaired) electrons. The van der Waals surface area contributed by atoms with Gasteiger partial charge in [-0.2, -0.15) is 13.2 Å². The van der Waals surface area contributed by atoms with Crippen LogP contribution in [0.15, 0.2) is 28.9 Å². The van der Waals surface area contributed by atoms with Gasteiger partial charge in [-0.15, -0.1) is 0 Å². The minimum atomic E-state index is -4.48. The van der Waals surface area contributed by atoms with E-state index < -0.39 is 17.7 Å². The van der Waals surface area contributed by atoms with Crippen LogP contribution < -0.4 is 10.2 Å². The molecule has 1 amide bonds. The first-order chi connectivity index (χ1) is 12.3. The number of amides is 1. The molecule has 0 aliphatic carbocycles. The number of hydrogen-bond donors (Lipinski definition) is 1. The summed E-state index contributed by atoms with van der Waals surface area (Å²) in [6.07, 6.45) is -1.91. The van der Waals surface area contributed by atoms with Crippen molar-refractivity contribution in [1.29, 1.82) is 0 Å². The van der Waals surface area contributed by atoms with Crippen LogP contribution in [0.3, 0.4) is 0 Å². The van der Waals surface area contributed by atoms with Crippen molar-refractivity contribution in [3.63, 3.8) is 0 Å². The van der Waals surface area contributed by atoms with Gasteiger partial charge in [0.2, 0.25) is 5.91 Å². The van der Waals surface area contributed by atoms with Crippen molar-refractivity contribution < 1.29 is 22.5 Å². The molecule has 2 aromatic rings. The van der Waals surface area contributed by atoms with Gasteiger partial charge in [-0.1, -0.05) is 5.16 Å². The van der Waals surface area contributed by atoms with Crippen molar-refractivity contribution in [1.82, 2.24) is 15.5 Å². The smallest absolute Gasteiger partial charge is 0.361 e. The molecule has 0 saturated carbocycles. The van der Waals surface area contributed by atoms with Crippen molar-refractivity contribution in [2.24, 2.45) is 5.92 Å². The second-order valence-corrected chi connectivity index (χ2v) is 6.30. The molecule has 0 aromatic carbocycles. The lowest BCUT2D eigenvalue weighted by atomic mass is 9.96. The maximum atomic E-state index is 13.2. The molecule has 3 rings (SSSR count). The van der Waals surface area contributed by atoms with Crippen LogP contribution in [0.4, 0.5) is 19.0 Å². The molecule has 3 heterocycles. The maximum absolute atomic E-state index is 13.2. The fourth-order valence-electron chi connectivity index (χ4n) is 3.08. The van der Waals surface area contributed by atoms with Crippen LogP contribution in [0, 0.1) is 12.8 Å². The van der Waals surface area contributed by atoms with E-state index in [9.17, 15) is 18.0 Å². The fraction of sp³-hybridized carbons (Fsp3) is 0.471. The number of carbonyl (C=O) groups is 1. The Morgan fingerprint density at radius 1 is 1.46 bits per heavy atom. The third-order valence-corrected chi connectivity index (χ3v) is 4.30. The normalized spacial score (nSPS) is 18.0. The number of nitrogens with one attached hydrogen (secondary N) is 1. The van der Waals surface area contributed by atoms with Gasteiger partial charge in [0.1, 0.15) is 17.3 Å². The highest BCUT2D eigenvalue weighted by molar-refractivity contribution is 5.79. The zero-order valence-electron chi connectivity index (χ0n) is 14.2. The number of alkyl halides is 3. The summed E-state index contributed by atoms with van der Waals surface area (Å²) in [7, 11) is 0. The number of carbonyl (C=O) groups excluding carboxylic acids is 1. The topological polar surface area (TPSA) is 71.3 Å². The maximum Gasteiger partial charge on any atom is 0.419 e. The lowest BCUT2D eigenvalue weighted by Gasteiger charge is -2.34. The molecular formula is C17H19F3N4O2. The zero-order valence-corrected chi connectivity index (χ0v) is 14.2. The molecule has 26 heavy (non-hydrogen) atoms. The van der Waals surface area contributed by atoms with Crippen LogP contribution in [0.2, 0.25) is 0 Å². The average Bonchev–Trinajstić information content (AvgIpc) is 3.04. The molecule has 9 heteroatoms. The molecule has 1 aliphatic rings. The van der Waals surface area contributed by atoms with Gasteiger partial charge in [0.15, 0.2) is 0 Å². The molecule has 140 valence electrons. The molecule has 1 saturated heterocycles. The number of pyridine rings is 1. The lowest BCUT2D eigenvalue weighted by molar-refractivity contribution is -0.137. The molecule has 1 aliphatic heterocycles. The SMILES string of the molecule is Cc1cc(CNC(=O)C2CCCN(c3ncccc3C(F)(F)F)C2)no1. The highest BCUT2D eigenvalue weighted by Crippen LogP contribution is 2.36. The Morgan fingerprint density at radius 3 is 2.96 bits per heavy atom. The van der Waals surface area contributed by atoms with Crippen LogP contribution in [-0.4, -0.2) is 29.1 Å². The predicted octanol–water partition coefficient (Wildman–Crippen LogP) is 2.93. The Labute approximate surface area is 148 Å². The van der Waals surface area contributed by atoms with E-state index in [1.165, 1.54) is 17.2 Å². The Morgan fingerprint density at radius 2 is 2.27 bits per heavy atom. The van der Waals surface area contributed by atoms with Crippen LogP contribution in [0.25, 0.3) is 0 Å². The first-order valence-corrected chi connectivity index (χ1v) is 8.31. The number of aryl methyl sites for hydroxylation is 1. The molecule has 2 aromatic heterocycles. The molecule has 1 unspecified atom stereocenters. The van der Waals surface area contributed by atoms with E-state index in [4.69, 9.17) is 4.52 Å². The Hall–Kier alpha value is -2.58. The second-order valence-electron chi connectivity index (χ2n) is 6.30. The summed E-state index contributed by atoms with van der Waals surface area (Å²) in [5.74, 6) is -0.0859. The van der Waals surface area contributed by atoms with Crippen LogP contribution in [0.5, 0.6) is 0 Å². The van der Waals surface area contributed by atoms with E-state index in [0.717, 1.165) is 6.07 Å². The summed E-state index contributed by atoms with van der Waals surface area (Å²) in [6.45, 7) is 2.61. The van der Waals surface area contributed by atoms with Gasteiger partial charge in [0, 0.05) is 25.4 Å². The number of nitrogens with zero attached hydrogens (tertiary/aromatic N) is 3. The zero-order chi connectivity index (χ0) is 18.7. The van der Waals surface area contributed by atoms with Gasteiger partial charge in [0.05, 0.1) is 18.0 Å². The molecule has 0 spiro atoms. The van der Waals surface area contributed by atoms with E-state index in [1.807, 2.05) is 0 Å². The van der Waals surface area contributed by atoms with Crippen molar-refractivity contribution in [3.05, 3.63) is 41.4 Å². The predicted molar refractivity (Wildman–Crippen MR) is 87.3 cm³/mol. The average molecular weight is 368 g/mol. The van der Waals surface area contributed by atoms with Crippen molar-refractivity contribution in [2.45, 2.75) is 32.5 Å². The summed E-state index contributed by atoms with van der Waals surface area (Å²) < 4.78 is 44.6. The van der Waals surface area contributed by atoms with E-state index in [-0.39, 0.29) is 24.8 Å². The van der Waals surface area contributed by atoms with E-state index in [0.29, 0.717) is 30.8 Å². The van der Waals surface area contributed by atoms with Crippen LogP contribution >= 0.6 is 0 Å². The largest absolute Gasteiger partial charge is 0.419 e. The summed E-state index contributed by atoms with van der Waals surface area (Å²) in [6, 6.07) is 4.00. The molecular weight excluding hydrogens is 349 g/mol. The third-order valence-electron chi connectivity index (χ3n) is 4.30. The standard InChI is InChI=1S/C17H19F3N4O2/c1-11-8-13(23-26-11)9-22-16(25)12-4-3-7-24(10-12)15-14(17(18,19)20)5-2-6-21-15/h2,5-6,8,12H,3-4,7,9-10H2,1H3,(H,22,25). The Balaban J connectivity index is 1.67. The van der Waals surface area contributed by atoms with Gasteiger partial charge in [-0.3, -0.25) is 4.79 Å². The second kappa shape index (κ2) is 7.35. The lowest BCUT2D eigenvalue weighted by Crippen LogP contribution is -2.43. The number of piperidine rings is 1. The highest BCUT2D eigenvalue weighted by atomic mass is 19.4. The first kappa shape index (κ1) is 18.2. The fourth-order valence-corrected chi connectivity index (χ4v) is 3.08. The molecule has 1 fully saturated rings. The number of hydrogen-bond acceptors (Lipinski definition) is 5. The summed E-state index contributed by atoms with van der Waals surface area (Å²) >= 11 is 0. The summed E-state index contributed by atoms with van der Waals surface area (Å²) in [5, 5.41) is 6.57. The minimum Gasteiger partial charge on any atom is -0.361 e. The van der Waals surface area contributed by atoms with Gasteiger partial charge in [-0.25, -0.2) is 4.98 Å². The van der Waals surface area contributed by atoms with E-state index >= 15 is 0 Å². The number of aromatic nitrogens is 2. The monoisotopic (exact) mass is 368 g/mol. The molecule has 0 bridgehead atoms. The number of anilines is 1. The summed E-state index contributed by atoms with van der Waals surface area (Å²) in [4.78, 5) is 17.8. The quantitative estimate of drug-likeness (QED) is 0.899. The van der Waals surface area contributed by atoms with Crippen LogP contribution in [-0.2, 0) is 17.5 Å². The Bertz CT molecular complexity index is 775. The highest BCUT2D eigenvalue weighted by Gasteiger charge is 2.37. The number of halogens is 3. The van der Waals surface area contributed by atoms with E-state index in [2.05, 4.69) is 15.5 Å². The number of rotatable bonds is 4. The van der Waals surface area contributed by atoms with Crippen molar-refractivity contribution >= 4 is 11.7 Å². The molecule has 1 N–H and O–H groups in total. The first-order valence-electron chi connectivity index (χ1n) is 8.31. The third kappa shape index (κ3) is 4.14. The van der Waals surface area contributed by atoms with Crippen molar-refractivity contribution in [3.8, 4) is 0 Å². The van der Waals surface area contributed by atoms with Gasteiger partial charge in [0.25, 0.3) is 0 Å².